The maximum atomic E-state index is 12.0. The van der Waals surface area contributed by atoms with Gasteiger partial charge in [-0.25, -0.2) is 9.47 Å². The Morgan fingerprint density at radius 1 is 1.38 bits per heavy atom. The van der Waals surface area contributed by atoms with E-state index in [1.54, 1.807) is 0 Å². The molecule has 1 aliphatic rings. The van der Waals surface area contributed by atoms with Gasteiger partial charge in [0, 0.05) is 6.04 Å². The van der Waals surface area contributed by atoms with Crippen LogP contribution in [0.15, 0.2) is 22.7 Å². The summed E-state index contributed by atoms with van der Waals surface area (Å²) in [6, 6.07) is 3.49. The molecular weight excluding hydrogens is 372 g/mol. The second-order valence-corrected chi connectivity index (χ2v) is 8.22. The minimum absolute atomic E-state index is 0.0351. The number of urea groups is 1. The van der Waals surface area contributed by atoms with Crippen LogP contribution in [0.4, 0.5) is 4.79 Å². The normalized spacial score (nSPS) is 19.9. The molecule has 140 valence electrons. The monoisotopic (exact) mass is 394 g/mol. The first-order valence-electron chi connectivity index (χ1n) is 8.52. The molecule has 3 rings (SSSR count). The zero-order valence-electron chi connectivity index (χ0n) is 14.5. The summed E-state index contributed by atoms with van der Waals surface area (Å²) in [5, 5.41) is 15.7. The number of thioether (sulfide) groups is 1. The number of nitrogens with zero attached hydrogens (tertiary/aromatic N) is 3. The van der Waals surface area contributed by atoms with Gasteiger partial charge in [-0.15, -0.1) is 21.5 Å². The van der Waals surface area contributed by atoms with E-state index in [1.807, 2.05) is 17.5 Å². The summed E-state index contributed by atoms with van der Waals surface area (Å²) in [6.45, 7) is 2.13. The van der Waals surface area contributed by atoms with Gasteiger partial charge in [0.2, 0.25) is 11.1 Å². The molecule has 1 fully saturated rings. The minimum atomic E-state index is -0.442. The summed E-state index contributed by atoms with van der Waals surface area (Å²) in [4.78, 5) is 24.9. The third-order valence-electron chi connectivity index (χ3n) is 4.42. The van der Waals surface area contributed by atoms with Crippen molar-refractivity contribution in [1.82, 2.24) is 25.5 Å². The van der Waals surface area contributed by atoms with Crippen LogP contribution in [0.25, 0.3) is 10.7 Å². The summed E-state index contributed by atoms with van der Waals surface area (Å²) in [5.41, 5.74) is 0. The zero-order chi connectivity index (χ0) is 18.5. The first kappa shape index (κ1) is 18.7. The predicted molar refractivity (Wildman–Crippen MR) is 102 cm³/mol. The van der Waals surface area contributed by atoms with Crippen LogP contribution < -0.4 is 16.5 Å². The van der Waals surface area contributed by atoms with E-state index in [1.165, 1.54) is 22.4 Å². The Kier molecular flexibility index (Phi) is 6.15. The first-order valence-corrected chi connectivity index (χ1v) is 10.4. The van der Waals surface area contributed by atoms with Gasteiger partial charge >= 0.3 is 6.03 Å². The van der Waals surface area contributed by atoms with E-state index >= 15 is 0 Å². The van der Waals surface area contributed by atoms with Gasteiger partial charge in [-0.3, -0.25) is 10.1 Å². The number of nitrogens with one attached hydrogen (secondary N) is 2. The number of amides is 3. The van der Waals surface area contributed by atoms with Gasteiger partial charge in [-0.05, 0) is 30.2 Å². The number of hydrogen-bond acceptors (Lipinski definition) is 7. The van der Waals surface area contributed by atoms with Crippen molar-refractivity contribution in [1.29, 1.82) is 0 Å². The highest BCUT2D eigenvalue weighted by molar-refractivity contribution is 7.99. The highest BCUT2D eigenvalue weighted by Crippen LogP contribution is 2.25. The van der Waals surface area contributed by atoms with E-state index in [0.29, 0.717) is 16.9 Å². The predicted octanol–water partition coefficient (Wildman–Crippen LogP) is 2.22. The van der Waals surface area contributed by atoms with Crippen LogP contribution in [-0.4, -0.2) is 38.6 Å². The van der Waals surface area contributed by atoms with Crippen LogP contribution in [0, 0.1) is 5.92 Å². The highest BCUT2D eigenvalue weighted by Gasteiger charge is 2.23. The molecule has 2 unspecified atom stereocenters. The molecule has 0 aromatic carbocycles. The summed E-state index contributed by atoms with van der Waals surface area (Å²) in [7, 11) is 0. The number of thiophene rings is 1. The lowest BCUT2D eigenvalue weighted by Gasteiger charge is -2.29. The molecule has 2 atom stereocenters. The van der Waals surface area contributed by atoms with E-state index in [4.69, 9.17) is 5.84 Å². The summed E-state index contributed by atoms with van der Waals surface area (Å²) in [6.07, 6.45) is 4.37. The molecule has 26 heavy (non-hydrogen) atoms. The van der Waals surface area contributed by atoms with Crippen molar-refractivity contribution in [3.05, 3.63) is 17.5 Å². The molecule has 8 nitrogen and oxygen atoms in total. The first-order chi connectivity index (χ1) is 12.5. The van der Waals surface area contributed by atoms with E-state index < -0.39 is 11.9 Å². The van der Waals surface area contributed by atoms with Crippen molar-refractivity contribution in [2.45, 2.75) is 43.8 Å². The lowest BCUT2D eigenvalue weighted by Crippen LogP contribution is -2.48. The molecule has 0 aliphatic heterocycles. The molecule has 1 saturated carbocycles. The van der Waals surface area contributed by atoms with E-state index in [0.717, 1.165) is 35.9 Å². The van der Waals surface area contributed by atoms with Crippen LogP contribution >= 0.6 is 23.1 Å². The van der Waals surface area contributed by atoms with Gasteiger partial charge in [0.15, 0.2) is 5.82 Å². The summed E-state index contributed by atoms with van der Waals surface area (Å²) < 4.78 is 1.35. The third-order valence-corrected chi connectivity index (χ3v) is 6.23. The molecule has 0 bridgehead atoms. The number of carbonyl (C=O) groups excluding carboxylic acids is 2. The van der Waals surface area contributed by atoms with Gasteiger partial charge in [0.05, 0.1) is 10.6 Å². The SMILES string of the molecule is CC1CCCCC1NC(=O)NC(=O)CSc1nnc(-c2cccs2)n1N. The average molecular weight is 395 g/mol. The van der Waals surface area contributed by atoms with Gasteiger partial charge in [-0.1, -0.05) is 37.6 Å². The smallest absolute Gasteiger partial charge is 0.321 e. The molecule has 10 heteroatoms. The molecule has 0 spiro atoms. The molecule has 4 N–H and O–H groups in total. The van der Waals surface area contributed by atoms with Crippen molar-refractivity contribution < 1.29 is 9.59 Å². The Morgan fingerprint density at radius 3 is 2.92 bits per heavy atom. The molecule has 0 saturated heterocycles. The molecule has 3 amide bonds. The van der Waals surface area contributed by atoms with Gasteiger partial charge in [0.25, 0.3) is 0 Å². The van der Waals surface area contributed by atoms with Crippen LogP contribution in [0.5, 0.6) is 0 Å². The Bertz CT molecular complexity index is 761. The second-order valence-electron chi connectivity index (χ2n) is 6.33. The largest absolute Gasteiger partial charge is 0.335 e. The zero-order valence-corrected chi connectivity index (χ0v) is 16.1. The van der Waals surface area contributed by atoms with Crippen molar-refractivity contribution in [2.75, 3.05) is 11.6 Å². The van der Waals surface area contributed by atoms with Gasteiger partial charge in [-0.2, -0.15) is 0 Å². The maximum Gasteiger partial charge on any atom is 0.321 e. The molecule has 2 heterocycles. The number of hydrogen-bond donors (Lipinski definition) is 3. The van der Waals surface area contributed by atoms with Crippen molar-refractivity contribution >= 4 is 35.0 Å². The lowest BCUT2D eigenvalue weighted by atomic mass is 9.86. The third kappa shape index (κ3) is 4.55. The average Bonchev–Trinajstić information content (AvgIpc) is 3.25. The molecular formula is C16H22N6O2S2. The molecule has 0 radical (unpaired) electrons. The molecule has 2 aromatic heterocycles. The number of nitrogen functional groups attached to an aromatic ring is 1. The quantitative estimate of drug-likeness (QED) is 0.529. The van der Waals surface area contributed by atoms with Gasteiger partial charge < -0.3 is 11.2 Å². The number of rotatable bonds is 5. The number of aromatic nitrogens is 3. The fourth-order valence-electron chi connectivity index (χ4n) is 2.98. The summed E-state index contributed by atoms with van der Waals surface area (Å²) in [5.74, 6) is 6.61. The standard InChI is InChI=1S/C16H22N6O2S2/c1-10-5-2-3-6-11(10)18-15(24)19-13(23)9-26-16-21-20-14(22(16)17)12-7-4-8-25-12/h4,7-8,10-11H,2-3,5-6,9,17H2,1H3,(H2,18,19,23,24). The summed E-state index contributed by atoms with van der Waals surface area (Å²) >= 11 is 2.65. The number of imide groups is 1. The van der Waals surface area contributed by atoms with E-state index in [-0.39, 0.29) is 11.8 Å². The molecule has 1 aliphatic carbocycles. The Labute approximate surface area is 159 Å². The minimum Gasteiger partial charge on any atom is -0.335 e. The fraction of sp³-hybridized carbons (Fsp3) is 0.500. The van der Waals surface area contributed by atoms with Gasteiger partial charge in [0.1, 0.15) is 0 Å². The second kappa shape index (κ2) is 8.54. The lowest BCUT2D eigenvalue weighted by molar-refractivity contribution is -0.117. The van der Waals surface area contributed by atoms with Crippen LogP contribution in [0.1, 0.15) is 32.6 Å². The fourth-order valence-corrected chi connectivity index (χ4v) is 4.34. The topological polar surface area (TPSA) is 115 Å². The van der Waals surface area contributed by atoms with E-state index in [9.17, 15) is 9.59 Å². The number of carbonyl (C=O) groups is 2. The Hall–Kier alpha value is -2.07. The van der Waals surface area contributed by atoms with Crippen LogP contribution in [0.3, 0.4) is 0 Å². The number of nitrogens with two attached hydrogens (primary N) is 1. The van der Waals surface area contributed by atoms with Crippen LogP contribution in [0.2, 0.25) is 0 Å². The Morgan fingerprint density at radius 2 is 2.19 bits per heavy atom. The Balaban J connectivity index is 1.47. The van der Waals surface area contributed by atoms with E-state index in [2.05, 4.69) is 27.8 Å². The maximum absolute atomic E-state index is 12.0. The van der Waals surface area contributed by atoms with Crippen LogP contribution in [-0.2, 0) is 4.79 Å². The molecule has 2 aromatic rings. The van der Waals surface area contributed by atoms with Crippen molar-refractivity contribution in [3.63, 3.8) is 0 Å². The van der Waals surface area contributed by atoms with Crippen molar-refractivity contribution in [3.8, 4) is 10.7 Å². The van der Waals surface area contributed by atoms with Crippen molar-refractivity contribution in [2.24, 2.45) is 5.92 Å². The highest BCUT2D eigenvalue weighted by atomic mass is 32.2.